The van der Waals surface area contributed by atoms with Gasteiger partial charge in [0.1, 0.15) is 0 Å². The smallest absolute Gasteiger partial charge is 0.235 e. The Morgan fingerprint density at radius 3 is 2.93 bits per heavy atom. The summed E-state index contributed by atoms with van der Waals surface area (Å²) >= 11 is 0. The standard InChI is InChI=1S/C9H13N3O2/c1-7-6-12(4-2-8(7)13)5-3-9(14)11-10/h2,4,6H,3,5,10H2,1H3,(H,11,14). The van der Waals surface area contributed by atoms with Crippen LogP contribution in [0.5, 0.6) is 0 Å². The van der Waals surface area contributed by atoms with E-state index < -0.39 is 0 Å². The molecule has 0 unspecified atom stereocenters. The van der Waals surface area contributed by atoms with Crippen molar-refractivity contribution in [2.75, 3.05) is 0 Å². The molecule has 1 aromatic heterocycles. The number of hydrogen-bond acceptors (Lipinski definition) is 3. The highest BCUT2D eigenvalue weighted by Crippen LogP contribution is 1.93. The average molecular weight is 195 g/mol. The summed E-state index contributed by atoms with van der Waals surface area (Å²) in [5.41, 5.74) is 2.72. The van der Waals surface area contributed by atoms with E-state index in [-0.39, 0.29) is 11.3 Å². The van der Waals surface area contributed by atoms with Crippen molar-refractivity contribution >= 4 is 5.91 Å². The molecule has 1 amide bonds. The van der Waals surface area contributed by atoms with Gasteiger partial charge < -0.3 is 4.57 Å². The Labute approximate surface area is 81.5 Å². The van der Waals surface area contributed by atoms with Gasteiger partial charge in [-0.1, -0.05) is 0 Å². The van der Waals surface area contributed by atoms with Gasteiger partial charge in [0.05, 0.1) is 0 Å². The summed E-state index contributed by atoms with van der Waals surface area (Å²) in [6.45, 7) is 2.26. The SMILES string of the molecule is Cc1cn(CCC(=O)NN)ccc1=O. The van der Waals surface area contributed by atoms with Crippen molar-refractivity contribution < 1.29 is 4.79 Å². The van der Waals surface area contributed by atoms with Gasteiger partial charge in [-0.2, -0.15) is 0 Å². The van der Waals surface area contributed by atoms with E-state index in [1.54, 1.807) is 23.9 Å². The van der Waals surface area contributed by atoms with Gasteiger partial charge in [0.15, 0.2) is 5.43 Å². The molecule has 0 aliphatic rings. The number of nitrogens with one attached hydrogen (secondary N) is 1. The summed E-state index contributed by atoms with van der Waals surface area (Å²) in [4.78, 5) is 21.9. The van der Waals surface area contributed by atoms with Crippen LogP contribution in [0.25, 0.3) is 0 Å². The third-order valence-corrected chi connectivity index (χ3v) is 1.92. The van der Waals surface area contributed by atoms with Crippen molar-refractivity contribution in [1.82, 2.24) is 9.99 Å². The Morgan fingerprint density at radius 1 is 1.64 bits per heavy atom. The molecular formula is C9H13N3O2. The predicted molar refractivity (Wildman–Crippen MR) is 52.4 cm³/mol. The van der Waals surface area contributed by atoms with Crippen molar-refractivity contribution in [3.63, 3.8) is 0 Å². The monoisotopic (exact) mass is 195 g/mol. The molecule has 5 heteroatoms. The predicted octanol–water partition coefficient (Wildman–Crippen LogP) is -0.463. The zero-order valence-electron chi connectivity index (χ0n) is 7.99. The lowest BCUT2D eigenvalue weighted by atomic mass is 10.3. The fraction of sp³-hybridized carbons (Fsp3) is 0.333. The van der Waals surface area contributed by atoms with Crippen LogP contribution in [0.15, 0.2) is 23.3 Å². The number of pyridine rings is 1. The first-order chi connectivity index (χ1) is 6.63. The zero-order valence-corrected chi connectivity index (χ0v) is 7.99. The van der Waals surface area contributed by atoms with Crippen molar-refractivity contribution in [2.45, 2.75) is 19.9 Å². The van der Waals surface area contributed by atoms with Crippen LogP contribution in [0, 0.1) is 6.92 Å². The maximum atomic E-state index is 11.1. The molecule has 76 valence electrons. The molecule has 1 rings (SSSR count). The molecule has 3 N–H and O–H groups in total. The van der Waals surface area contributed by atoms with Gasteiger partial charge in [-0.15, -0.1) is 0 Å². The number of nitrogens with two attached hydrogens (primary N) is 1. The Kier molecular flexibility index (Phi) is 3.41. The largest absolute Gasteiger partial charge is 0.353 e. The summed E-state index contributed by atoms with van der Waals surface area (Å²) in [6, 6.07) is 1.48. The van der Waals surface area contributed by atoms with Crippen LogP contribution in [-0.4, -0.2) is 10.5 Å². The van der Waals surface area contributed by atoms with E-state index in [9.17, 15) is 9.59 Å². The van der Waals surface area contributed by atoms with Crippen LogP contribution in [-0.2, 0) is 11.3 Å². The van der Waals surface area contributed by atoms with Gasteiger partial charge in [-0.25, -0.2) is 5.84 Å². The fourth-order valence-electron chi connectivity index (χ4n) is 1.09. The van der Waals surface area contributed by atoms with Gasteiger partial charge in [0.25, 0.3) is 0 Å². The van der Waals surface area contributed by atoms with Crippen LogP contribution < -0.4 is 16.7 Å². The fourth-order valence-corrected chi connectivity index (χ4v) is 1.09. The molecule has 0 aliphatic carbocycles. The number of aromatic nitrogens is 1. The molecule has 14 heavy (non-hydrogen) atoms. The molecule has 0 aliphatic heterocycles. The maximum Gasteiger partial charge on any atom is 0.235 e. The second kappa shape index (κ2) is 4.57. The number of nitrogens with zero attached hydrogens (tertiary/aromatic N) is 1. The first-order valence-corrected chi connectivity index (χ1v) is 4.29. The third-order valence-electron chi connectivity index (χ3n) is 1.92. The molecule has 0 aromatic carbocycles. The van der Waals surface area contributed by atoms with E-state index >= 15 is 0 Å². The van der Waals surface area contributed by atoms with E-state index in [2.05, 4.69) is 0 Å². The van der Waals surface area contributed by atoms with E-state index in [0.717, 1.165) is 0 Å². The number of carbonyl (C=O) groups excluding carboxylic acids is 1. The van der Waals surface area contributed by atoms with Crippen LogP contribution in [0.2, 0.25) is 0 Å². The summed E-state index contributed by atoms with van der Waals surface area (Å²) in [5.74, 6) is 4.71. The molecule has 0 spiro atoms. The first-order valence-electron chi connectivity index (χ1n) is 4.29. The third kappa shape index (κ3) is 2.70. The second-order valence-corrected chi connectivity index (χ2v) is 3.05. The van der Waals surface area contributed by atoms with Crippen LogP contribution in [0.4, 0.5) is 0 Å². The molecule has 1 aromatic rings. The van der Waals surface area contributed by atoms with Gasteiger partial charge in [0.2, 0.25) is 5.91 Å². The van der Waals surface area contributed by atoms with Crippen molar-refractivity contribution in [2.24, 2.45) is 5.84 Å². The lowest BCUT2D eigenvalue weighted by Gasteiger charge is -2.05. The van der Waals surface area contributed by atoms with E-state index in [1.807, 2.05) is 5.43 Å². The molecule has 0 saturated carbocycles. The molecule has 0 atom stereocenters. The van der Waals surface area contributed by atoms with Crippen LogP contribution in [0.3, 0.4) is 0 Å². The van der Waals surface area contributed by atoms with Gasteiger partial charge in [0, 0.05) is 37.0 Å². The summed E-state index contributed by atoms with van der Waals surface area (Å²) in [6.07, 6.45) is 3.67. The van der Waals surface area contributed by atoms with Crippen LogP contribution >= 0.6 is 0 Å². The van der Waals surface area contributed by atoms with Crippen molar-refractivity contribution in [3.05, 3.63) is 34.2 Å². The van der Waals surface area contributed by atoms with Gasteiger partial charge in [-0.05, 0) is 6.92 Å². The minimum atomic E-state index is -0.221. The molecule has 0 radical (unpaired) electrons. The zero-order chi connectivity index (χ0) is 10.6. The average Bonchev–Trinajstić information content (AvgIpc) is 2.19. The van der Waals surface area contributed by atoms with Crippen molar-refractivity contribution in [3.8, 4) is 0 Å². The topological polar surface area (TPSA) is 77.1 Å². The molecule has 1 heterocycles. The number of rotatable bonds is 3. The molecule has 0 saturated heterocycles. The lowest BCUT2D eigenvalue weighted by Crippen LogP contribution is -2.30. The number of hydrazine groups is 1. The highest BCUT2D eigenvalue weighted by atomic mass is 16.2. The quantitative estimate of drug-likeness (QED) is 0.389. The van der Waals surface area contributed by atoms with E-state index in [4.69, 9.17) is 5.84 Å². The highest BCUT2D eigenvalue weighted by Gasteiger charge is 1.99. The minimum Gasteiger partial charge on any atom is -0.353 e. The van der Waals surface area contributed by atoms with Crippen molar-refractivity contribution in [1.29, 1.82) is 0 Å². The van der Waals surface area contributed by atoms with Crippen LogP contribution in [0.1, 0.15) is 12.0 Å². The number of hydrogen-bond donors (Lipinski definition) is 2. The normalized spacial score (nSPS) is 9.86. The first kappa shape index (κ1) is 10.5. The van der Waals surface area contributed by atoms with E-state index in [0.29, 0.717) is 18.5 Å². The molecule has 5 nitrogen and oxygen atoms in total. The lowest BCUT2D eigenvalue weighted by molar-refractivity contribution is -0.121. The second-order valence-electron chi connectivity index (χ2n) is 3.05. The van der Waals surface area contributed by atoms with E-state index in [1.165, 1.54) is 6.07 Å². The Balaban J connectivity index is 2.64. The maximum absolute atomic E-state index is 11.1. The number of amides is 1. The molecule has 0 bridgehead atoms. The minimum absolute atomic E-state index is 0.00419. The number of aryl methyl sites for hydroxylation is 2. The summed E-state index contributed by atoms with van der Waals surface area (Å²) in [7, 11) is 0. The Morgan fingerprint density at radius 2 is 2.36 bits per heavy atom. The molecule has 0 fully saturated rings. The summed E-state index contributed by atoms with van der Waals surface area (Å²) in [5, 5.41) is 0. The molecular weight excluding hydrogens is 182 g/mol. The number of carbonyl (C=O) groups is 1. The summed E-state index contributed by atoms with van der Waals surface area (Å²) < 4.78 is 1.78. The van der Waals surface area contributed by atoms with Gasteiger partial charge >= 0.3 is 0 Å². The Hall–Kier alpha value is -1.62. The highest BCUT2D eigenvalue weighted by molar-refractivity contribution is 5.74. The Bertz CT molecular complexity index is 384. The van der Waals surface area contributed by atoms with Gasteiger partial charge in [-0.3, -0.25) is 15.0 Å².